The van der Waals surface area contributed by atoms with Gasteiger partial charge >= 0.3 is 0 Å². The van der Waals surface area contributed by atoms with E-state index in [-0.39, 0.29) is 20.7 Å². The van der Waals surface area contributed by atoms with Crippen LogP contribution >= 0.6 is 47.0 Å². The summed E-state index contributed by atoms with van der Waals surface area (Å²) in [4.78, 5) is 24.5. The molecule has 0 bridgehead atoms. The summed E-state index contributed by atoms with van der Waals surface area (Å²) in [6, 6.07) is 0. The van der Waals surface area contributed by atoms with Gasteiger partial charge in [0.25, 0.3) is 0 Å². The third-order valence-electron chi connectivity index (χ3n) is 2.86. The van der Waals surface area contributed by atoms with Gasteiger partial charge in [0.1, 0.15) is 5.41 Å². The van der Waals surface area contributed by atoms with Crippen molar-refractivity contribution in [3.05, 3.63) is 33.8 Å². The van der Waals surface area contributed by atoms with E-state index in [0.29, 0.717) is 0 Å². The second-order valence-electron chi connectivity index (χ2n) is 3.68. The fourth-order valence-corrected chi connectivity index (χ4v) is 7.59. The Bertz CT molecular complexity index is 408. The molecule has 17 heavy (non-hydrogen) atoms. The van der Waals surface area contributed by atoms with Gasteiger partial charge in [0.15, 0.2) is 11.6 Å². The van der Waals surface area contributed by atoms with E-state index in [0.717, 1.165) is 0 Å². The first-order chi connectivity index (χ1) is 8.26. The fourth-order valence-electron chi connectivity index (χ4n) is 2.03. The van der Waals surface area contributed by atoms with Crippen molar-refractivity contribution >= 4 is 58.6 Å². The number of hydrogen-bond acceptors (Lipinski definition) is 6. The zero-order chi connectivity index (χ0) is 11.9. The van der Waals surface area contributed by atoms with Crippen molar-refractivity contribution in [1.29, 1.82) is 0 Å². The van der Waals surface area contributed by atoms with E-state index >= 15 is 0 Å². The molecule has 1 aliphatic carbocycles. The third kappa shape index (κ3) is 1.69. The van der Waals surface area contributed by atoms with Crippen LogP contribution in [0.25, 0.3) is 0 Å². The van der Waals surface area contributed by atoms with E-state index in [1.165, 1.54) is 12.2 Å². The van der Waals surface area contributed by atoms with E-state index in [2.05, 4.69) is 0 Å². The summed E-state index contributed by atoms with van der Waals surface area (Å²) in [5.41, 5.74) is -0.891. The van der Waals surface area contributed by atoms with Gasteiger partial charge in [-0.3, -0.25) is 9.59 Å². The number of carbonyl (C=O) groups excluding carboxylic acids is 2. The van der Waals surface area contributed by atoms with E-state index in [9.17, 15) is 9.59 Å². The molecule has 3 aliphatic rings. The zero-order valence-electron chi connectivity index (χ0n) is 8.57. The summed E-state index contributed by atoms with van der Waals surface area (Å²) >= 11 is 6.32. The quantitative estimate of drug-likeness (QED) is 0.728. The number of ketones is 2. The Morgan fingerprint density at radius 2 is 1.12 bits per heavy atom. The van der Waals surface area contributed by atoms with Gasteiger partial charge in [-0.2, -0.15) is 0 Å². The molecule has 0 unspecified atom stereocenters. The maximum atomic E-state index is 12.3. The third-order valence-corrected chi connectivity index (χ3v) is 8.19. The van der Waals surface area contributed by atoms with E-state index < -0.39 is 5.41 Å². The predicted octanol–water partition coefficient (Wildman–Crippen LogP) is 3.24. The van der Waals surface area contributed by atoms with Crippen molar-refractivity contribution in [2.45, 2.75) is 9.16 Å². The zero-order valence-corrected chi connectivity index (χ0v) is 11.8. The lowest BCUT2D eigenvalue weighted by atomic mass is 9.87. The number of thioether (sulfide) groups is 4. The summed E-state index contributed by atoms with van der Waals surface area (Å²) in [5.74, 6) is -0.0743. The molecule has 6 heteroatoms. The van der Waals surface area contributed by atoms with Gasteiger partial charge in [-0.05, 0) is 33.8 Å². The second-order valence-corrected chi connectivity index (χ2v) is 8.34. The molecule has 0 N–H and O–H groups in total. The minimum absolute atomic E-state index is 0.0256. The molecule has 0 fully saturated rings. The highest BCUT2D eigenvalue weighted by atomic mass is 32.2. The largest absolute Gasteiger partial charge is 0.294 e. The summed E-state index contributed by atoms with van der Waals surface area (Å²) in [5, 5.41) is 7.86. The van der Waals surface area contributed by atoms with Gasteiger partial charge in [0.2, 0.25) is 0 Å². The van der Waals surface area contributed by atoms with Gasteiger partial charge in [-0.25, -0.2) is 0 Å². The Morgan fingerprint density at radius 1 is 0.765 bits per heavy atom. The Morgan fingerprint density at radius 3 is 1.47 bits per heavy atom. The first-order valence-electron chi connectivity index (χ1n) is 4.95. The highest BCUT2D eigenvalue weighted by Gasteiger charge is 2.59. The van der Waals surface area contributed by atoms with Crippen LogP contribution in [0.3, 0.4) is 0 Å². The summed E-state index contributed by atoms with van der Waals surface area (Å²) in [6.07, 6.45) is 2.89. The summed E-state index contributed by atoms with van der Waals surface area (Å²) in [6.45, 7) is 0. The molecule has 0 radical (unpaired) electrons. The van der Waals surface area contributed by atoms with Crippen LogP contribution in [0.15, 0.2) is 33.8 Å². The second kappa shape index (κ2) is 4.57. The van der Waals surface area contributed by atoms with E-state index in [1.807, 2.05) is 21.6 Å². The van der Waals surface area contributed by atoms with E-state index in [4.69, 9.17) is 0 Å². The lowest BCUT2D eigenvalue weighted by Gasteiger charge is -2.34. The van der Waals surface area contributed by atoms with Crippen LogP contribution in [0.1, 0.15) is 0 Å². The topological polar surface area (TPSA) is 34.1 Å². The van der Waals surface area contributed by atoms with Crippen molar-refractivity contribution in [2.75, 3.05) is 0 Å². The summed E-state index contributed by atoms with van der Waals surface area (Å²) in [7, 11) is 0. The molecule has 0 amide bonds. The van der Waals surface area contributed by atoms with Gasteiger partial charge < -0.3 is 0 Å². The molecule has 0 spiro atoms. The van der Waals surface area contributed by atoms with Gasteiger partial charge in [0, 0.05) is 0 Å². The molecule has 2 nitrogen and oxygen atoms in total. The first kappa shape index (κ1) is 12.0. The maximum Gasteiger partial charge on any atom is 0.173 e. The van der Waals surface area contributed by atoms with Gasteiger partial charge in [-0.15, -0.1) is 47.0 Å². The highest BCUT2D eigenvalue weighted by molar-refractivity contribution is 8.24. The van der Waals surface area contributed by atoms with E-state index in [1.54, 1.807) is 47.0 Å². The predicted molar refractivity (Wildman–Crippen MR) is 77.8 cm³/mol. The first-order valence-corrected chi connectivity index (χ1v) is 8.72. The van der Waals surface area contributed by atoms with Gasteiger partial charge in [-0.1, -0.05) is 0 Å². The Kier molecular flexibility index (Phi) is 3.23. The molecule has 0 saturated heterocycles. The minimum Gasteiger partial charge on any atom is -0.294 e. The van der Waals surface area contributed by atoms with Crippen LogP contribution in [-0.4, -0.2) is 20.7 Å². The van der Waals surface area contributed by atoms with Gasteiger partial charge in [0.05, 0.1) is 9.16 Å². The van der Waals surface area contributed by atoms with Crippen LogP contribution in [0.4, 0.5) is 0 Å². The lowest BCUT2D eigenvalue weighted by molar-refractivity contribution is -0.131. The Hall–Kier alpha value is -0.0400. The molecule has 0 aromatic heterocycles. The van der Waals surface area contributed by atoms with Crippen molar-refractivity contribution in [3.8, 4) is 0 Å². The normalized spacial score (nSPS) is 27.8. The monoisotopic (exact) mass is 300 g/mol. The number of rotatable bonds is 2. The molecule has 0 atom stereocenters. The average molecular weight is 300 g/mol. The van der Waals surface area contributed by atoms with Crippen LogP contribution in [-0.2, 0) is 9.59 Å². The maximum absolute atomic E-state index is 12.3. The van der Waals surface area contributed by atoms with Crippen molar-refractivity contribution in [2.24, 2.45) is 5.41 Å². The average Bonchev–Trinajstić information content (AvgIpc) is 3.01. The highest BCUT2D eigenvalue weighted by Crippen LogP contribution is 2.57. The standard InChI is InChI=1S/C11H8O2S4/c12-7-1-2-8(13)11(7,9-14-3-4-15-9)10-16-5-6-17-10/h1-6,9-10H. The van der Waals surface area contributed by atoms with Crippen LogP contribution < -0.4 is 0 Å². The van der Waals surface area contributed by atoms with Crippen LogP contribution in [0.2, 0.25) is 0 Å². The molecular formula is C11H8O2S4. The van der Waals surface area contributed by atoms with Crippen molar-refractivity contribution in [3.63, 3.8) is 0 Å². The Balaban J connectivity index is 2.00. The SMILES string of the molecule is O=C1C=CC(=O)C1(C1SC=CS1)C1SC=CS1. The van der Waals surface area contributed by atoms with Crippen LogP contribution in [0.5, 0.6) is 0 Å². The molecule has 3 rings (SSSR count). The number of carbonyl (C=O) groups is 2. The lowest BCUT2D eigenvalue weighted by Crippen LogP contribution is -2.47. The molecule has 0 saturated carbocycles. The van der Waals surface area contributed by atoms with Crippen molar-refractivity contribution in [1.82, 2.24) is 0 Å². The molecule has 2 aliphatic heterocycles. The summed E-state index contributed by atoms with van der Waals surface area (Å²) < 4.78 is -0.0511. The number of allylic oxidation sites excluding steroid dienone is 2. The molecule has 88 valence electrons. The minimum atomic E-state index is -0.891. The molecule has 2 heterocycles. The Labute approximate surface area is 116 Å². The molecule has 0 aromatic carbocycles. The molecule has 0 aromatic rings. The van der Waals surface area contributed by atoms with Crippen molar-refractivity contribution < 1.29 is 9.59 Å². The number of hydrogen-bond donors (Lipinski definition) is 0. The van der Waals surface area contributed by atoms with Crippen LogP contribution in [0, 0.1) is 5.41 Å². The fraction of sp³-hybridized carbons (Fsp3) is 0.273. The molecular weight excluding hydrogens is 292 g/mol. The smallest absolute Gasteiger partial charge is 0.173 e.